The van der Waals surface area contributed by atoms with Gasteiger partial charge in [0.2, 0.25) is 0 Å². The number of nitrogens with zero attached hydrogens (tertiary/aromatic N) is 2. The summed E-state index contributed by atoms with van der Waals surface area (Å²) < 4.78 is 14.7. The molecule has 0 saturated heterocycles. The number of thiocarbonyl (C=S) groups is 1. The van der Waals surface area contributed by atoms with Crippen molar-refractivity contribution in [2.75, 3.05) is 10.6 Å². The summed E-state index contributed by atoms with van der Waals surface area (Å²) in [6.07, 6.45) is 1.90. The Kier molecular flexibility index (Phi) is 4.86. The zero-order valence-electron chi connectivity index (χ0n) is 13.2. The van der Waals surface area contributed by atoms with Crippen LogP contribution < -0.4 is 10.6 Å². The lowest BCUT2D eigenvalue weighted by Crippen LogP contribution is -2.19. The average Bonchev–Trinajstić information content (AvgIpc) is 2.99. The SMILES string of the molecule is Cc1ccccc1Cn1ccc(NC(=S)Nc2ccc(F)cc2)n1. The second-order valence-electron chi connectivity index (χ2n) is 5.41. The maximum atomic E-state index is 12.9. The Bertz CT molecular complexity index is 842. The molecule has 6 heteroatoms. The molecule has 0 spiro atoms. The number of anilines is 2. The normalized spacial score (nSPS) is 10.4. The summed E-state index contributed by atoms with van der Waals surface area (Å²) in [5, 5.41) is 10.9. The van der Waals surface area contributed by atoms with E-state index < -0.39 is 0 Å². The lowest BCUT2D eigenvalue weighted by Gasteiger charge is -2.08. The molecule has 0 saturated carbocycles. The third-order valence-electron chi connectivity index (χ3n) is 3.58. The predicted octanol–water partition coefficient (Wildman–Crippen LogP) is 4.19. The van der Waals surface area contributed by atoms with Gasteiger partial charge in [-0.05, 0) is 54.5 Å². The largest absolute Gasteiger partial charge is 0.332 e. The van der Waals surface area contributed by atoms with Crippen LogP contribution in [0.3, 0.4) is 0 Å². The molecule has 24 heavy (non-hydrogen) atoms. The number of benzene rings is 2. The number of nitrogens with one attached hydrogen (secondary N) is 2. The summed E-state index contributed by atoms with van der Waals surface area (Å²) in [7, 11) is 0. The number of halogens is 1. The number of aromatic nitrogens is 2. The van der Waals surface area contributed by atoms with Crippen LogP contribution in [-0.2, 0) is 6.54 Å². The minimum absolute atomic E-state index is 0.283. The standard InChI is InChI=1S/C18H17FN4S/c1-13-4-2-3-5-14(13)12-23-11-10-17(22-23)21-18(24)20-16-8-6-15(19)7-9-16/h2-11H,12H2,1H3,(H2,20,21,22,24). The smallest absolute Gasteiger partial charge is 0.176 e. The number of hydrogen-bond acceptors (Lipinski definition) is 2. The molecular formula is C18H17FN4S. The molecule has 4 nitrogen and oxygen atoms in total. The van der Waals surface area contributed by atoms with Crippen molar-refractivity contribution in [1.82, 2.24) is 9.78 Å². The Labute approximate surface area is 145 Å². The third kappa shape index (κ3) is 4.17. The Morgan fingerprint density at radius 1 is 1.08 bits per heavy atom. The molecule has 0 atom stereocenters. The monoisotopic (exact) mass is 340 g/mol. The Morgan fingerprint density at radius 2 is 1.83 bits per heavy atom. The zero-order chi connectivity index (χ0) is 16.9. The number of hydrogen-bond donors (Lipinski definition) is 2. The van der Waals surface area contributed by atoms with Crippen LogP contribution in [0.2, 0.25) is 0 Å². The molecule has 0 unspecified atom stereocenters. The Balaban J connectivity index is 1.60. The van der Waals surface area contributed by atoms with Gasteiger partial charge in [0.25, 0.3) is 0 Å². The molecule has 0 bridgehead atoms. The molecule has 2 aromatic carbocycles. The first kappa shape index (κ1) is 16.1. The van der Waals surface area contributed by atoms with Gasteiger partial charge < -0.3 is 10.6 Å². The highest BCUT2D eigenvalue weighted by Gasteiger charge is 2.04. The van der Waals surface area contributed by atoms with Gasteiger partial charge in [0, 0.05) is 18.0 Å². The van der Waals surface area contributed by atoms with Crippen molar-refractivity contribution < 1.29 is 4.39 Å². The van der Waals surface area contributed by atoms with Crippen LogP contribution in [0.25, 0.3) is 0 Å². The molecule has 0 radical (unpaired) electrons. The van der Waals surface area contributed by atoms with Gasteiger partial charge >= 0.3 is 0 Å². The fourth-order valence-corrected chi connectivity index (χ4v) is 2.51. The lowest BCUT2D eigenvalue weighted by atomic mass is 10.1. The van der Waals surface area contributed by atoms with Gasteiger partial charge in [0.05, 0.1) is 6.54 Å². The summed E-state index contributed by atoms with van der Waals surface area (Å²) in [4.78, 5) is 0. The summed E-state index contributed by atoms with van der Waals surface area (Å²) in [5.41, 5.74) is 3.17. The summed E-state index contributed by atoms with van der Waals surface area (Å²) in [6, 6.07) is 16.1. The Morgan fingerprint density at radius 3 is 2.58 bits per heavy atom. The van der Waals surface area contributed by atoms with Crippen LogP contribution in [-0.4, -0.2) is 14.9 Å². The zero-order valence-corrected chi connectivity index (χ0v) is 14.0. The van der Waals surface area contributed by atoms with E-state index in [2.05, 4.69) is 34.8 Å². The van der Waals surface area contributed by atoms with E-state index in [-0.39, 0.29) is 5.82 Å². The quantitative estimate of drug-likeness (QED) is 0.699. The van der Waals surface area contributed by atoms with Crippen molar-refractivity contribution in [3.8, 4) is 0 Å². The van der Waals surface area contributed by atoms with E-state index in [1.54, 1.807) is 12.1 Å². The fraction of sp³-hybridized carbons (Fsp3) is 0.111. The van der Waals surface area contributed by atoms with Gasteiger partial charge in [-0.25, -0.2) is 4.39 Å². The van der Waals surface area contributed by atoms with Crippen molar-refractivity contribution >= 4 is 28.8 Å². The van der Waals surface area contributed by atoms with Crippen molar-refractivity contribution in [2.45, 2.75) is 13.5 Å². The molecule has 1 heterocycles. The molecule has 2 N–H and O–H groups in total. The first-order valence-electron chi connectivity index (χ1n) is 7.52. The van der Waals surface area contributed by atoms with Crippen molar-refractivity contribution in [2.24, 2.45) is 0 Å². The van der Waals surface area contributed by atoms with Crippen LogP contribution in [0.5, 0.6) is 0 Å². The van der Waals surface area contributed by atoms with E-state index in [0.29, 0.717) is 23.2 Å². The lowest BCUT2D eigenvalue weighted by molar-refractivity contribution is 0.628. The van der Waals surface area contributed by atoms with Crippen LogP contribution >= 0.6 is 12.2 Å². The molecular weight excluding hydrogens is 323 g/mol. The van der Waals surface area contributed by atoms with Crippen molar-refractivity contribution in [1.29, 1.82) is 0 Å². The Hall–Kier alpha value is -2.73. The van der Waals surface area contributed by atoms with E-state index in [1.165, 1.54) is 23.3 Å². The number of rotatable bonds is 4. The maximum absolute atomic E-state index is 12.9. The minimum atomic E-state index is -0.283. The van der Waals surface area contributed by atoms with Gasteiger partial charge in [-0.2, -0.15) is 5.10 Å². The fourth-order valence-electron chi connectivity index (χ4n) is 2.29. The van der Waals surface area contributed by atoms with Gasteiger partial charge in [-0.1, -0.05) is 24.3 Å². The average molecular weight is 340 g/mol. The van der Waals surface area contributed by atoms with E-state index in [4.69, 9.17) is 12.2 Å². The van der Waals surface area contributed by atoms with E-state index in [9.17, 15) is 4.39 Å². The second-order valence-corrected chi connectivity index (χ2v) is 5.82. The van der Waals surface area contributed by atoms with Crippen LogP contribution in [0, 0.1) is 12.7 Å². The summed E-state index contributed by atoms with van der Waals surface area (Å²) in [6.45, 7) is 2.78. The highest BCUT2D eigenvalue weighted by Crippen LogP contribution is 2.12. The molecule has 3 aromatic rings. The molecule has 0 aliphatic carbocycles. The molecule has 0 aliphatic rings. The van der Waals surface area contributed by atoms with Gasteiger partial charge in [-0.15, -0.1) is 0 Å². The van der Waals surface area contributed by atoms with E-state index in [0.717, 1.165) is 0 Å². The van der Waals surface area contributed by atoms with E-state index in [1.807, 2.05) is 29.1 Å². The van der Waals surface area contributed by atoms with Crippen LogP contribution in [0.1, 0.15) is 11.1 Å². The summed E-state index contributed by atoms with van der Waals surface area (Å²) >= 11 is 5.25. The summed E-state index contributed by atoms with van der Waals surface area (Å²) in [5.74, 6) is 0.373. The second kappa shape index (κ2) is 7.23. The molecule has 0 amide bonds. The molecule has 3 rings (SSSR count). The molecule has 0 fully saturated rings. The highest BCUT2D eigenvalue weighted by molar-refractivity contribution is 7.80. The van der Waals surface area contributed by atoms with Crippen molar-refractivity contribution in [3.63, 3.8) is 0 Å². The van der Waals surface area contributed by atoms with Gasteiger partial charge in [0.15, 0.2) is 10.9 Å². The molecule has 122 valence electrons. The van der Waals surface area contributed by atoms with Gasteiger partial charge in [-0.3, -0.25) is 4.68 Å². The number of aryl methyl sites for hydroxylation is 1. The molecule has 1 aromatic heterocycles. The first-order valence-corrected chi connectivity index (χ1v) is 7.92. The van der Waals surface area contributed by atoms with Gasteiger partial charge in [0.1, 0.15) is 5.82 Å². The van der Waals surface area contributed by atoms with E-state index >= 15 is 0 Å². The maximum Gasteiger partial charge on any atom is 0.176 e. The van der Waals surface area contributed by atoms with Crippen LogP contribution in [0.15, 0.2) is 60.8 Å². The topological polar surface area (TPSA) is 41.9 Å². The highest BCUT2D eigenvalue weighted by atomic mass is 32.1. The third-order valence-corrected chi connectivity index (χ3v) is 3.78. The predicted molar refractivity (Wildman–Crippen MR) is 98.8 cm³/mol. The first-order chi connectivity index (χ1) is 11.6. The minimum Gasteiger partial charge on any atom is -0.332 e. The van der Waals surface area contributed by atoms with Crippen LogP contribution in [0.4, 0.5) is 15.9 Å². The van der Waals surface area contributed by atoms with Crippen molar-refractivity contribution in [3.05, 3.63) is 77.7 Å². The molecule has 0 aliphatic heterocycles.